The third kappa shape index (κ3) is 2.90. The molecule has 3 rings (SSSR count). The third-order valence-corrected chi connectivity index (χ3v) is 6.21. The maximum absolute atomic E-state index is 11.7. The number of rotatable bonds is 2. The van der Waals surface area contributed by atoms with E-state index in [-0.39, 0.29) is 6.04 Å². The average molecular weight is 294 g/mol. The van der Waals surface area contributed by atoms with Crippen LogP contribution < -0.4 is 5.32 Å². The average Bonchev–Trinajstić information content (AvgIpc) is 2.42. The molecule has 0 radical (unpaired) electrons. The highest BCUT2D eigenvalue weighted by atomic mass is 32.2. The highest BCUT2D eigenvalue weighted by Gasteiger charge is 2.28. The zero-order valence-electron chi connectivity index (χ0n) is 11.9. The van der Waals surface area contributed by atoms with Crippen molar-refractivity contribution in [3.63, 3.8) is 0 Å². The van der Waals surface area contributed by atoms with Crippen molar-refractivity contribution >= 4 is 9.84 Å². The first kappa shape index (κ1) is 14.0. The van der Waals surface area contributed by atoms with Gasteiger partial charge in [0, 0.05) is 25.7 Å². The number of hydrogen-bond acceptors (Lipinski definition) is 4. The van der Waals surface area contributed by atoms with Crippen LogP contribution in [0.25, 0.3) is 0 Å². The molecule has 5 heteroatoms. The fraction of sp³-hybridized carbons (Fsp3) is 0.600. The van der Waals surface area contributed by atoms with E-state index >= 15 is 0 Å². The first-order valence-electron chi connectivity index (χ1n) is 7.30. The Balaban J connectivity index is 1.78. The summed E-state index contributed by atoms with van der Waals surface area (Å²) >= 11 is 0. The molecule has 1 aromatic rings. The quantitative estimate of drug-likeness (QED) is 0.882. The summed E-state index contributed by atoms with van der Waals surface area (Å²) in [5, 5.41) is 3.40. The summed E-state index contributed by atoms with van der Waals surface area (Å²) in [5.41, 5.74) is 4.23. The van der Waals surface area contributed by atoms with Gasteiger partial charge in [-0.1, -0.05) is 18.2 Å². The van der Waals surface area contributed by atoms with E-state index < -0.39 is 9.84 Å². The molecule has 2 aliphatic rings. The molecule has 0 saturated carbocycles. The molecule has 2 aliphatic heterocycles. The maximum atomic E-state index is 11.7. The molecule has 1 fully saturated rings. The maximum Gasteiger partial charge on any atom is 0.153 e. The van der Waals surface area contributed by atoms with Crippen LogP contribution in [0, 0.1) is 0 Å². The second kappa shape index (κ2) is 5.47. The standard InChI is InChI=1S/C15H22N2O2S/c1-12-11-20(18,19)8-7-17(12)10-14-4-2-3-13-9-16-6-5-15(13)14/h2-4,12,16H,5-11H2,1H3. The summed E-state index contributed by atoms with van der Waals surface area (Å²) in [6, 6.07) is 6.62. The number of fused-ring (bicyclic) bond motifs is 1. The van der Waals surface area contributed by atoms with Crippen molar-refractivity contribution < 1.29 is 8.42 Å². The number of nitrogens with zero attached hydrogens (tertiary/aromatic N) is 1. The first-order valence-corrected chi connectivity index (χ1v) is 9.12. The number of hydrogen-bond donors (Lipinski definition) is 1. The molecular weight excluding hydrogens is 272 g/mol. The number of sulfone groups is 1. The van der Waals surface area contributed by atoms with E-state index in [0.29, 0.717) is 18.1 Å². The van der Waals surface area contributed by atoms with Crippen molar-refractivity contribution in [3.05, 3.63) is 34.9 Å². The molecular formula is C15H22N2O2S. The van der Waals surface area contributed by atoms with Crippen molar-refractivity contribution in [2.24, 2.45) is 0 Å². The van der Waals surface area contributed by atoms with Crippen molar-refractivity contribution in [1.29, 1.82) is 0 Å². The summed E-state index contributed by atoms with van der Waals surface area (Å²) in [5.74, 6) is 0.595. The van der Waals surface area contributed by atoms with Crippen molar-refractivity contribution in [3.8, 4) is 0 Å². The topological polar surface area (TPSA) is 49.4 Å². The molecule has 1 aromatic carbocycles. The van der Waals surface area contributed by atoms with Crippen LogP contribution in [-0.2, 0) is 29.3 Å². The van der Waals surface area contributed by atoms with E-state index in [1.54, 1.807) is 0 Å². The second-order valence-electron chi connectivity index (χ2n) is 5.92. The molecule has 20 heavy (non-hydrogen) atoms. The summed E-state index contributed by atoms with van der Waals surface area (Å²) in [6.45, 7) is 5.54. The minimum absolute atomic E-state index is 0.117. The highest BCUT2D eigenvalue weighted by Crippen LogP contribution is 2.22. The number of benzene rings is 1. The molecule has 4 nitrogen and oxygen atoms in total. The molecule has 1 unspecified atom stereocenters. The lowest BCUT2D eigenvalue weighted by molar-refractivity contribution is 0.217. The van der Waals surface area contributed by atoms with Crippen molar-refractivity contribution in [2.45, 2.75) is 32.5 Å². The van der Waals surface area contributed by atoms with E-state index in [1.807, 2.05) is 6.92 Å². The van der Waals surface area contributed by atoms with E-state index in [9.17, 15) is 8.42 Å². The zero-order valence-corrected chi connectivity index (χ0v) is 12.7. The van der Waals surface area contributed by atoms with Gasteiger partial charge in [-0.15, -0.1) is 0 Å². The smallest absolute Gasteiger partial charge is 0.153 e. The van der Waals surface area contributed by atoms with Crippen LogP contribution in [0.2, 0.25) is 0 Å². The molecule has 2 heterocycles. The van der Waals surface area contributed by atoms with Crippen LogP contribution in [0.3, 0.4) is 0 Å². The third-order valence-electron chi connectivity index (χ3n) is 4.42. The lowest BCUT2D eigenvalue weighted by Crippen LogP contribution is -2.46. The Morgan fingerprint density at radius 1 is 1.40 bits per heavy atom. The Kier molecular flexibility index (Phi) is 3.84. The molecule has 1 saturated heterocycles. The van der Waals surface area contributed by atoms with Gasteiger partial charge in [0.05, 0.1) is 11.5 Å². The molecule has 1 atom stereocenters. The van der Waals surface area contributed by atoms with Gasteiger partial charge in [-0.2, -0.15) is 0 Å². The normalized spacial score (nSPS) is 26.1. The zero-order chi connectivity index (χ0) is 14.2. The molecule has 110 valence electrons. The summed E-state index contributed by atoms with van der Waals surface area (Å²) < 4.78 is 23.3. The number of nitrogens with one attached hydrogen (secondary N) is 1. The van der Waals surface area contributed by atoms with E-state index in [0.717, 1.165) is 26.1 Å². The van der Waals surface area contributed by atoms with Crippen molar-refractivity contribution in [1.82, 2.24) is 10.2 Å². The van der Waals surface area contributed by atoms with Crippen LogP contribution in [0.5, 0.6) is 0 Å². The lowest BCUT2D eigenvalue weighted by atomic mass is 9.95. The van der Waals surface area contributed by atoms with Crippen LogP contribution in [-0.4, -0.2) is 44.0 Å². The Morgan fingerprint density at radius 2 is 2.25 bits per heavy atom. The second-order valence-corrected chi connectivity index (χ2v) is 8.14. The van der Waals surface area contributed by atoms with Gasteiger partial charge >= 0.3 is 0 Å². The van der Waals surface area contributed by atoms with Crippen molar-refractivity contribution in [2.75, 3.05) is 24.6 Å². The van der Waals surface area contributed by atoms with Gasteiger partial charge < -0.3 is 5.32 Å². The summed E-state index contributed by atoms with van der Waals surface area (Å²) in [4.78, 5) is 2.30. The Hall–Kier alpha value is -0.910. The fourth-order valence-electron chi connectivity index (χ4n) is 3.25. The van der Waals surface area contributed by atoms with E-state index in [1.165, 1.54) is 16.7 Å². The van der Waals surface area contributed by atoms with Crippen LogP contribution in [0.4, 0.5) is 0 Å². The molecule has 0 aliphatic carbocycles. The largest absolute Gasteiger partial charge is 0.312 e. The minimum atomic E-state index is -2.83. The van der Waals surface area contributed by atoms with Crippen LogP contribution in [0.15, 0.2) is 18.2 Å². The Morgan fingerprint density at radius 3 is 3.05 bits per heavy atom. The highest BCUT2D eigenvalue weighted by molar-refractivity contribution is 7.91. The minimum Gasteiger partial charge on any atom is -0.312 e. The molecule has 0 bridgehead atoms. The van der Waals surface area contributed by atoms with E-state index in [2.05, 4.69) is 28.4 Å². The van der Waals surface area contributed by atoms with Gasteiger partial charge in [0.15, 0.2) is 9.84 Å². The predicted octanol–water partition coefficient (Wildman–Crippen LogP) is 0.951. The monoisotopic (exact) mass is 294 g/mol. The van der Waals surface area contributed by atoms with Crippen LogP contribution in [0.1, 0.15) is 23.6 Å². The SMILES string of the molecule is CC1CS(=O)(=O)CCN1Cc1cccc2c1CCNC2. The first-order chi connectivity index (χ1) is 9.55. The van der Waals surface area contributed by atoms with Gasteiger partial charge in [0.25, 0.3) is 0 Å². The van der Waals surface area contributed by atoms with Gasteiger partial charge in [0.1, 0.15) is 0 Å². The van der Waals surface area contributed by atoms with Crippen LogP contribution >= 0.6 is 0 Å². The van der Waals surface area contributed by atoms with Gasteiger partial charge in [-0.05, 0) is 36.6 Å². The molecule has 0 spiro atoms. The lowest BCUT2D eigenvalue weighted by Gasteiger charge is -2.34. The summed E-state index contributed by atoms with van der Waals surface area (Å²) in [6.07, 6.45) is 1.08. The summed E-state index contributed by atoms with van der Waals surface area (Å²) in [7, 11) is -2.83. The molecule has 0 aromatic heterocycles. The van der Waals surface area contributed by atoms with Gasteiger partial charge in [0.2, 0.25) is 0 Å². The Labute approximate surface area is 121 Å². The molecule has 1 N–H and O–H groups in total. The predicted molar refractivity (Wildman–Crippen MR) is 80.4 cm³/mol. The Bertz CT molecular complexity index is 598. The van der Waals surface area contributed by atoms with Gasteiger partial charge in [-0.3, -0.25) is 4.90 Å². The fourth-order valence-corrected chi connectivity index (χ4v) is 4.87. The van der Waals surface area contributed by atoms with E-state index in [4.69, 9.17) is 0 Å². The van der Waals surface area contributed by atoms with Gasteiger partial charge in [-0.25, -0.2) is 8.42 Å². The molecule has 0 amide bonds.